The van der Waals surface area contributed by atoms with Gasteiger partial charge in [0.2, 0.25) is 0 Å². The van der Waals surface area contributed by atoms with Crippen LogP contribution in [-0.4, -0.2) is 47.8 Å². The van der Waals surface area contributed by atoms with Crippen LogP contribution in [0.5, 0.6) is 0 Å². The molecule has 22 heavy (non-hydrogen) atoms. The van der Waals surface area contributed by atoms with E-state index in [1.165, 1.54) is 0 Å². The summed E-state index contributed by atoms with van der Waals surface area (Å²) in [6.45, 7) is 13.0. The molecule has 0 aliphatic rings. The molecule has 0 heterocycles. The van der Waals surface area contributed by atoms with Crippen LogP contribution in [0.1, 0.15) is 54.4 Å². The molecule has 0 rings (SSSR count). The van der Waals surface area contributed by atoms with Crippen molar-refractivity contribution in [3.8, 4) is 11.8 Å². The molecule has 2 unspecified atom stereocenters. The Hall–Kier alpha value is -0.600. The van der Waals surface area contributed by atoms with Gasteiger partial charge >= 0.3 is 0 Å². The van der Waals surface area contributed by atoms with Crippen molar-refractivity contribution in [2.24, 2.45) is 11.8 Å². The molecular weight excluding hydrogens is 280 g/mol. The van der Waals surface area contributed by atoms with Crippen LogP contribution in [0.3, 0.4) is 0 Å². The second kappa shape index (κ2) is 10.2. The van der Waals surface area contributed by atoms with E-state index in [-0.39, 0.29) is 24.7 Å². The molecule has 2 atom stereocenters. The van der Waals surface area contributed by atoms with Gasteiger partial charge < -0.3 is 19.7 Å². The van der Waals surface area contributed by atoms with Crippen molar-refractivity contribution in [1.82, 2.24) is 0 Å². The number of ether oxygens (including phenoxy) is 2. The third-order valence-electron chi connectivity index (χ3n) is 3.27. The summed E-state index contributed by atoms with van der Waals surface area (Å²) < 4.78 is 11.4. The lowest BCUT2D eigenvalue weighted by molar-refractivity contribution is -0.0428. The van der Waals surface area contributed by atoms with Gasteiger partial charge in [0.05, 0.1) is 32.0 Å². The van der Waals surface area contributed by atoms with Gasteiger partial charge in [0, 0.05) is 5.92 Å². The maximum absolute atomic E-state index is 8.97. The molecule has 0 fully saturated rings. The third-order valence-corrected chi connectivity index (χ3v) is 3.27. The van der Waals surface area contributed by atoms with Crippen LogP contribution in [0.25, 0.3) is 0 Å². The first kappa shape index (κ1) is 21.4. The molecule has 4 heteroatoms. The van der Waals surface area contributed by atoms with Gasteiger partial charge in [-0.3, -0.25) is 0 Å². The first-order valence-corrected chi connectivity index (χ1v) is 8.16. The standard InChI is InChI=1S/C18H34O4/c1-15(2)13-18(6,22-12-10-20)8-7-16(3)14-17(4,5)21-11-9-19/h15-16,19-20H,9-14H2,1-6H3. The van der Waals surface area contributed by atoms with Crippen LogP contribution in [-0.2, 0) is 9.47 Å². The first-order chi connectivity index (χ1) is 10.1. The smallest absolute Gasteiger partial charge is 0.126 e. The molecule has 2 N–H and O–H groups in total. The summed E-state index contributed by atoms with van der Waals surface area (Å²) in [4.78, 5) is 0. The van der Waals surface area contributed by atoms with Crippen LogP contribution < -0.4 is 0 Å². The molecular formula is C18H34O4. The van der Waals surface area contributed by atoms with Crippen LogP contribution in [0.2, 0.25) is 0 Å². The number of aliphatic hydroxyl groups excluding tert-OH is 2. The minimum Gasteiger partial charge on any atom is -0.394 e. The van der Waals surface area contributed by atoms with Gasteiger partial charge in [-0.1, -0.05) is 32.6 Å². The molecule has 0 aliphatic heterocycles. The maximum atomic E-state index is 8.97. The minimum atomic E-state index is -0.527. The van der Waals surface area contributed by atoms with Gasteiger partial charge in [-0.05, 0) is 39.5 Å². The van der Waals surface area contributed by atoms with Gasteiger partial charge in [0.25, 0.3) is 0 Å². The van der Waals surface area contributed by atoms with Crippen molar-refractivity contribution in [3.05, 3.63) is 0 Å². The monoisotopic (exact) mass is 314 g/mol. The Morgan fingerprint density at radius 2 is 1.45 bits per heavy atom. The molecule has 130 valence electrons. The van der Waals surface area contributed by atoms with Gasteiger partial charge in [-0.15, -0.1) is 0 Å². The Kier molecular flexibility index (Phi) is 9.95. The quantitative estimate of drug-likeness (QED) is 0.609. The summed E-state index contributed by atoms with van der Waals surface area (Å²) in [6, 6.07) is 0. The summed E-state index contributed by atoms with van der Waals surface area (Å²) in [5.41, 5.74) is -0.835. The molecule has 0 radical (unpaired) electrons. The van der Waals surface area contributed by atoms with Crippen LogP contribution in [0, 0.1) is 23.7 Å². The van der Waals surface area contributed by atoms with E-state index in [2.05, 4.69) is 32.6 Å². The summed E-state index contributed by atoms with van der Waals surface area (Å²) in [5.74, 6) is 7.16. The fourth-order valence-electron chi connectivity index (χ4n) is 2.64. The average molecular weight is 314 g/mol. The Morgan fingerprint density at radius 3 is 1.95 bits per heavy atom. The Balaban J connectivity index is 4.74. The average Bonchev–Trinajstić information content (AvgIpc) is 2.40. The maximum Gasteiger partial charge on any atom is 0.126 e. The summed E-state index contributed by atoms with van der Waals surface area (Å²) >= 11 is 0. The highest BCUT2D eigenvalue weighted by molar-refractivity contribution is 5.15. The molecule has 0 amide bonds. The molecule has 0 aromatic rings. The van der Waals surface area contributed by atoms with Crippen LogP contribution in [0.15, 0.2) is 0 Å². The summed E-state index contributed by atoms with van der Waals surface area (Å²) in [6.07, 6.45) is 1.62. The lowest BCUT2D eigenvalue weighted by atomic mass is 9.91. The molecule has 0 spiro atoms. The van der Waals surface area contributed by atoms with E-state index in [1.807, 2.05) is 20.8 Å². The largest absolute Gasteiger partial charge is 0.394 e. The minimum absolute atomic E-state index is 0.00689. The van der Waals surface area contributed by atoms with E-state index in [1.54, 1.807) is 0 Å². The van der Waals surface area contributed by atoms with Crippen molar-refractivity contribution in [2.75, 3.05) is 26.4 Å². The van der Waals surface area contributed by atoms with Crippen molar-refractivity contribution in [1.29, 1.82) is 0 Å². The second-order valence-electron chi connectivity index (χ2n) is 7.11. The fraction of sp³-hybridized carbons (Fsp3) is 0.889. The van der Waals surface area contributed by atoms with Gasteiger partial charge in [-0.2, -0.15) is 0 Å². The Labute approximate surface area is 136 Å². The molecule has 0 aromatic carbocycles. The molecule has 0 aliphatic carbocycles. The molecule has 0 aromatic heterocycles. The summed E-state index contributed by atoms with van der Waals surface area (Å²) in [7, 11) is 0. The van der Waals surface area contributed by atoms with Crippen molar-refractivity contribution in [3.63, 3.8) is 0 Å². The highest BCUT2D eigenvalue weighted by Crippen LogP contribution is 2.23. The topological polar surface area (TPSA) is 58.9 Å². The van der Waals surface area contributed by atoms with Gasteiger partial charge in [-0.25, -0.2) is 0 Å². The SMILES string of the molecule is CC(C)CC(C)(C#CC(C)CC(C)(C)OCCO)OCCO. The number of hydrogen-bond acceptors (Lipinski definition) is 4. The number of hydrogen-bond donors (Lipinski definition) is 2. The Morgan fingerprint density at radius 1 is 0.909 bits per heavy atom. The zero-order chi connectivity index (χ0) is 17.2. The van der Waals surface area contributed by atoms with E-state index < -0.39 is 5.60 Å². The predicted octanol–water partition coefficient (Wildman–Crippen LogP) is 2.62. The first-order valence-electron chi connectivity index (χ1n) is 8.16. The molecule has 4 nitrogen and oxygen atoms in total. The van der Waals surface area contributed by atoms with E-state index in [4.69, 9.17) is 19.7 Å². The second-order valence-corrected chi connectivity index (χ2v) is 7.11. The van der Waals surface area contributed by atoms with E-state index in [0.29, 0.717) is 19.1 Å². The Bertz CT molecular complexity index is 354. The highest BCUT2D eigenvalue weighted by atomic mass is 16.5. The van der Waals surface area contributed by atoms with Crippen LogP contribution >= 0.6 is 0 Å². The van der Waals surface area contributed by atoms with Crippen molar-refractivity contribution >= 4 is 0 Å². The lowest BCUT2D eigenvalue weighted by Crippen LogP contribution is -2.31. The van der Waals surface area contributed by atoms with Gasteiger partial charge in [0.15, 0.2) is 0 Å². The van der Waals surface area contributed by atoms with Crippen molar-refractivity contribution in [2.45, 2.75) is 65.6 Å². The fourth-order valence-corrected chi connectivity index (χ4v) is 2.64. The number of rotatable bonds is 10. The molecule has 0 saturated heterocycles. The highest BCUT2D eigenvalue weighted by Gasteiger charge is 2.25. The van der Waals surface area contributed by atoms with E-state index >= 15 is 0 Å². The number of aliphatic hydroxyl groups is 2. The van der Waals surface area contributed by atoms with E-state index in [0.717, 1.165) is 12.8 Å². The zero-order valence-electron chi connectivity index (χ0n) is 15.1. The zero-order valence-corrected chi connectivity index (χ0v) is 15.1. The normalized spacial score (nSPS) is 16.0. The van der Waals surface area contributed by atoms with Crippen molar-refractivity contribution < 1.29 is 19.7 Å². The lowest BCUT2D eigenvalue weighted by Gasteiger charge is -2.28. The van der Waals surface area contributed by atoms with Crippen LogP contribution in [0.4, 0.5) is 0 Å². The van der Waals surface area contributed by atoms with Gasteiger partial charge in [0.1, 0.15) is 5.60 Å². The summed E-state index contributed by atoms with van der Waals surface area (Å²) in [5, 5.41) is 17.8. The molecule has 0 saturated carbocycles. The third kappa shape index (κ3) is 10.2. The molecule has 0 bridgehead atoms. The van der Waals surface area contributed by atoms with E-state index in [9.17, 15) is 0 Å². The predicted molar refractivity (Wildman–Crippen MR) is 89.6 cm³/mol.